The van der Waals surface area contributed by atoms with Crippen LogP contribution in [0.5, 0.6) is 0 Å². The van der Waals surface area contributed by atoms with Crippen LogP contribution in [0.15, 0.2) is 34.9 Å². The molecule has 1 aliphatic rings. The van der Waals surface area contributed by atoms with Crippen LogP contribution in [0, 0.1) is 0 Å². The quantitative estimate of drug-likeness (QED) is 0.679. The summed E-state index contributed by atoms with van der Waals surface area (Å²) < 4.78 is 11.5. The number of likely N-dealkylation sites (N-methyl/N-ethyl adjacent to an activating group) is 1. The number of carbonyl (C=O) groups is 1. The SMILES string of the molecule is CN(C[C@@H]1CCCCO1)C(=O)CCc1nnc(Cc2c[nH]c3ccccc23)o1. The van der Waals surface area contributed by atoms with Crippen molar-refractivity contribution in [1.82, 2.24) is 20.1 Å². The van der Waals surface area contributed by atoms with Crippen molar-refractivity contribution in [2.45, 2.75) is 44.6 Å². The van der Waals surface area contributed by atoms with Crippen molar-refractivity contribution in [2.24, 2.45) is 0 Å². The number of aryl methyl sites for hydroxylation is 1. The van der Waals surface area contributed by atoms with E-state index in [4.69, 9.17) is 9.15 Å². The lowest BCUT2D eigenvalue weighted by atomic mass is 10.1. The minimum Gasteiger partial charge on any atom is -0.425 e. The van der Waals surface area contributed by atoms with Gasteiger partial charge in [-0.05, 0) is 30.9 Å². The standard InChI is InChI=1S/C21H26N4O3/c1-25(14-16-6-4-5-11-27-16)21(26)10-9-19-23-24-20(28-19)12-15-13-22-18-8-3-2-7-17(15)18/h2-3,7-8,13,16,22H,4-6,9-12,14H2,1H3/t16-/m0/s1. The summed E-state index contributed by atoms with van der Waals surface area (Å²) in [5, 5.41) is 9.40. The van der Waals surface area contributed by atoms with Crippen LogP contribution in [0.1, 0.15) is 43.0 Å². The summed E-state index contributed by atoms with van der Waals surface area (Å²) in [6.07, 6.45) is 6.84. The van der Waals surface area contributed by atoms with Gasteiger partial charge in [-0.15, -0.1) is 10.2 Å². The third-order valence-corrected chi connectivity index (χ3v) is 5.26. The summed E-state index contributed by atoms with van der Waals surface area (Å²) in [6, 6.07) is 8.13. The molecule has 7 nitrogen and oxygen atoms in total. The number of benzene rings is 1. The molecular formula is C21H26N4O3. The summed E-state index contributed by atoms with van der Waals surface area (Å²) >= 11 is 0. The molecule has 3 aromatic rings. The fraction of sp³-hybridized carbons (Fsp3) is 0.476. The van der Waals surface area contributed by atoms with E-state index in [0.717, 1.165) is 35.9 Å². The number of nitrogens with zero attached hydrogens (tertiary/aromatic N) is 3. The van der Waals surface area contributed by atoms with Gasteiger partial charge < -0.3 is 19.0 Å². The Kier molecular flexibility index (Phi) is 5.71. The number of nitrogens with one attached hydrogen (secondary N) is 1. The van der Waals surface area contributed by atoms with E-state index < -0.39 is 0 Å². The van der Waals surface area contributed by atoms with Gasteiger partial charge >= 0.3 is 0 Å². The summed E-state index contributed by atoms with van der Waals surface area (Å²) in [7, 11) is 1.83. The Bertz CT molecular complexity index is 927. The Morgan fingerprint density at radius 1 is 1.25 bits per heavy atom. The molecule has 4 rings (SSSR count). The van der Waals surface area contributed by atoms with Gasteiger partial charge in [-0.1, -0.05) is 18.2 Å². The molecular weight excluding hydrogens is 356 g/mol. The van der Waals surface area contributed by atoms with Crippen LogP contribution in [0.3, 0.4) is 0 Å². The highest BCUT2D eigenvalue weighted by molar-refractivity contribution is 5.83. The van der Waals surface area contributed by atoms with Crippen LogP contribution in [0.2, 0.25) is 0 Å². The Morgan fingerprint density at radius 2 is 2.11 bits per heavy atom. The number of carbonyl (C=O) groups excluding carboxylic acids is 1. The minimum absolute atomic E-state index is 0.0746. The second-order valence-corrected chi connectivity index (χ2v) is 7.39. The van der Waals surface area contributed by atoms with Crippen LogP contribution < -0.4 is 0 Å². The van der Waals surface area contributed by atoms with Gasteiger partial charge in [0.15, 0.2) is 0 Å². The van der Waals surface area contributed by atoms with Crippen molar-refractivity contribution in [3.8, 4) is 0 Å². The zero-order valence-corrected chi connectivity index (χ0v) is 16.2. The van der Waals surface area contributed by atoms with Gasteiger partial charge in [0.05, 0.1) is 12.5 Å². The Morgan fingerprint density at radius 3 is 2.96 bits per heavy atom. The molecule has 1 N–H and O–H groups in total. The van der Waals surface area contributed by atoms with Crippen LogP contribution >= 0.6 is 0 Å². The first kappa shape index (κ1) is 18.7. The minimum atomic E-state index is 0.0746. The Labute approximate surface area is 164 Å². The molecule has 3 heterocycles. The molecule has 1 amide bonds. The van der Waals surface area contributed by atoms with Gasteiger partial charge in [0.25, 0.3) is 0 Å². The number of hydrogen-bond donors (Lipinski definition) is 1. The smallest absolute Gasteiger partial charge is 0.222 e. The van der Waals surface area contributed by atoms with E-state index in [1.165, 1.54) is 6.42 Å². The number of rotatable bonds is 7. The third kappa shape index (κ3) is 4.42. The second kappa shape index (κ2) is 8.56. The van der Waals surface area contributed by atoms with Crippen molar-refractivity contribution in [2.75, 3.05) is 20.2 Å². The van der Waals surface area contributed by atoms with E-state index in [1.807, 2.05) is 31.4 Å². The number of aromatic amines is 1. The zero-order chi connectivity index (χ0) is 19.3. The molecule has 1 aliphatic heterocycles. The molecule has 0 spiro atoms. The Balaban J connectivity index is 1.29. The van der Waals surface area contributed by atoms with Gasteiger partial charge in [0, 0.05) is 50.1 Å². The monoisotopic (exact) mass is 382 g/mol. The van der Waals surface area contributed by atoms with Crippen LogP contribution in [-0.2, 0) is 22.4 Å². The van der Waals surface area contributed by atoms with Crippen molar-refractivity contribution in [3.05, 3.63) is 47.8 Å². The number of hydrogen-bond acceptors (Lipinski definition) is 5. The number of H-pyrrole nitrogens is 1. The lowest BCUT2D eigenvalue weighted by Gasteiger charge is -2.27. The summed E-state index contributed by atoms with van der Waals surface area (Å²) in [5.74, 6) is 1.15. The number of para-hydroxylation sites is 1. The van der Waals surface area contributed by atoms with Crippen molar-refractivity contribution >= 4 is 16.8 Å². The fourth-order valence-electron chi connectivity index (χ4n) is 3.67. The third-order valence-electron chi connectivity index (χ3n) is 5.26. The predicted octanol–water partition coefficient (Wildman–Crippen LogP) is 3.10. The molecule has 28 heavy (non-hydrogen) atoms. The summed E-state index contributed by atoms with van der Waals surface area (Å²) in [4.78, 5) is 17.4. The van der Waals surface area contributed by atoms with Gasteiger partial charge in [0.1, 0.15) is 0 Å². The topological polar surface area (TPSA) is 84.2 Å². The van der Waals surface area contributed by atoms with Gasteiger partial charge in [-0.2, -0.15) is 0 Å². The molecule has 2 aromatic heterocycles. The van der Waals surface area contributed by atoms with E-state index in [1.54, 1.807) is 4.90 Å². The lowest BCUT2D eigenvalue weighted by Crippen LogP contribution is -2.37. The number of fused-ring (bicyclic) bond motifs is 1. The van der Waals surface area contributed by atoms with Gasteiger partial charge in [-0.3, -0.25) is 4.79 Å². The fourth-order valence-corrected chi connectivity index (χ4v) is 3.67. The maximum atomic E-state index is 12.4. The van der Waals surface area contributed by atoms with Crippen LogP contribution in [0.4, 0.5) is 0 Å². The number of aromatic nitrogens is 3. The van der Waals surface area contributed by atoms with Gasteiger partial charge in [-0.25, -0.2) is 0 Å². The van der Waals surface area contributed by atoms with Crippen molar-refractivity contribution in [3.63, 3.8) is 0 Å². The molecule has 1 atom stereocenters. The van der Waals surface area contributed by atoms with Crippen LogP contribution in [-0.4, -0.2) is 52.3 Å². The molecule has 0 bridgehead atoms. The lowest BCUT2D eigenvalue weighted by molar-refractivity contribution is -0.132. The van der Waals surface area contributed by atoms with E-state index in [-0.39, 0.29) is 12.0 Å². The first-order chi connectivity index (χ1) is 13.7. The van der Waals surface area contributed by atoms with Crippen molar-refractivity contribution < 1.29 is 13.9 Å². The maximum Gasteiger partial charge on any atom is 0.222 e. The first-order valence-corrected chi connectivity index (χ1v) is 9.91. The molecule has 0 aliphatic carbocycles. The zero-order valence-electron chi connectivity index (χ0n) is 16.2. The molecule has 0 saturated carbocycles. The normalized spacial score (nSPS) is 17.1. The molecule has 1 fully saturated rings. The highest BCUT2D eigenvalue weighted by Gasteiger charge is 2.19. The molecule has 1 aromatic carbocycles. The van der Waals surface area contributed by atoms with E-state index >= 15 is 0 Å². The maximum absolute atomic E-state index is 12.4. The summed E-state index contributed by atoms with van der Waals surface area (Å²) in [6.45, 7) is 1.45. The highest BCUT2D eigenvalue weighted by Crippen LogP contribution is 2.20. The highest BCUT2D eigenvalue weighted by atomic mass is 16.5. The summed E-state index contributed by atoms with van der Waals surface area (Å²) in [5.41, 5.74) is 2.21. The predicted molar refractivity (Wildman–Crippen MR) is 105 cm³/mol. The number of amides is 1. The van der Waals surface area contributed by atoms with E-state index in [2.05, 4.69) is 21.2 Å². The first-order valence-electron chi connectivity index (χ1n) is 9.91. The van der Waals surface area contributed by atoms with E-state index in [9.17, 15) is 4.79 Å². The average Bonchev–Trinajstić information content (AvgIpc) is 3.34. The molecule has 148 valence electrons. The molecule has 0 unspecified atom stereocenters. The molecule has 7 heteroatoms. The molecule has 1 saturated heterocycles. The molecule has 0 radical (unpaired) electrons. The average molecular weight is 382 g/mol. The second-order valence-electron chi connectivity index (χ2n) is 7.39. The van der Waals surface area contributed by atoms with E-state index in [0.29, 0.717) is 37.6 Å². The Hall–Kier alpha value is -2.67. The van der Waals surface area contributed by atoms with Crippen molar-refractivity contribution in [1.29, 1.82) is 0 Å². The largest absolute Gasteiger partial charge is 0.425 e. The number of ether oxygens (including phenoxy) is 1. The van der Waals surface area contributed by atoms with Crippen LogP contribution in [0.25, 0.3) is 10.9 Å². The van der Waals surface area contributed by atoms with Gasteiger partial charge in [0.2, 0.25) is 17.7 Å².